The van der Waals surface area contributed by atoms with Crippen molar-refractivity contribution in [3.8, 4) is 22.8 Å². The third-order valence-corrected chi connectivity index (χ3v) is 6.20. The number of aromatic nitrogens is 3. The molecule has 31 heavy (non-hydrogen) atoms. The summed E-state index contributed by atoms with van der Waals surface area (Å²) in [5, 5.41) is 7.46. The lowest BCUT2D eigenvalue weighted by Crippen LogP contribution is -2.63. The number of benzene rings is 1. The highest BCUT2D eigenvalue weighted by Crippen LogP contribution is 2.42. The summed E-state index contributed by atoms with van der Waals surface area (Å²) < 4.78 is 8.61. The van der Waals surface area contributed by atoms with Crippen LogP contribution in [0.5, 0.6) is 5.75 Å². The van der Waals surface area contributed by atoms with Gasteiger partial charge in [-0.2, -0.15) is 5.10 Å². The van der Waals surface area contributed by atoms with Gasteiger partial charge in [-0.15, -0.1) is 0 Å². The van der Waals surface area contributed by atoms with Crippen LogP contribution < -0.4 is 10.1 Å². The topological polar surface area (TPSA) is 89.4 Å². The molecule has 0 unspecified atom stereocenters. The van der Waals surface area contributed by atoms with Gasteiger partial charge in [0.25, 0.3) is 5.91 Å². The summed E-state index contributed by atoms with van der Waals surface area (Å²) in [4.78, 5) is 32.0. The first-order valence-corrected chi connectivity index (χ1v) is 10.7. The monoisotopic (exact) mass is 481 g/mol. The molecule has 1 aromatic carbocycles. The van der Waals surface area contributed by atoms with E-state index in [-0.39, 0.29) is 17.5 Å². The number of amides is 2. The zero-order valence-electron chi connectivity index (χ0n) is 17.1. The standard InChI is InChI=1S/C22H20BrN5O3/c1-22(2)21(30)25-9-10-27(22)20(29)17-19-18(28(26-17)16-5-3-4-8-24-16)15-11-14(23)7-6-13(15)12-31-19/h3-8,11H,9-10,12H2,1-2H3,(H,25,30). The summed E-state index contributed by atoms with van der Waals surface area (Å²) in [6.45, 7) is 4.58. The van der Waals surface area contributed by atoms with Gasteiger partial charge >= 0.3 is 0 Å². The molecule has 2 aliphatic heterocycles. The average molecular weight is 482 g/mol. The molecule has 2 amide bonds. The van der Waals surface area contributed by atoms with Crippen molar-refractivity contribution in [2.45, 2.75) is 26.0 Å². The van der Waals surface area contributed by atoms with E-state index < -0.39 is 5.54 Å². The van der Waals surface area contributed by atoms with E-state index in [1.807, 2.05) is 36.4 Å². The van der Waals surface area contributed by atoms with Crippen LogP contribution >= 0.6 is 15.9 Å². The molecule has 4 heterocycles. The molecule has 1 saturated heterocycles. The van der Waals surface area contributed by atoms with Crippen molar-refractivity contribution < 1.29 is 14.3 Å². The Morgan fingerprint density at radius 2 is 2.10 bits per heavy atom. The Labute approximate surface area is 187 Å². The summed E-state index contributed by atoms with van der Waals surface area (Å²) in [7, 11) is 0. The first-order valence-electron chi connectivity index (χ1n) is 9.94. The number of nitrogens with one attached hydrogen (secondary N) is 1. The van der Waals surface area contributed by atoms with Crippen LogP contribution in [0.4, 0.5) is 0 Å². The fraction of sp³-hybridized carbons (Fsp3) is 0.273. The lowest BCUT2D eigenvalue weighted by molar-refractivity contribution is -0.133. The molecule has 5 rings (SSSR count). The Kier molecular flexibility index (Phi) is 4.58. The first kappa shape index (κ1) is 19.7. The maximum absolute atomic E-state index is 13.6. The Balaban J connectivity index is 1.71. The van der Waals surface area contributed by atoms with E-state index in [9.17, 15) is 9.59 Å². The molecule has 0 spiro atoms. The zero-order chi connectivity index (χ0) is 21.8. The molecule has 2 aromatic heterocycles. The van der Waals surface area contributed by atoms with Crippen LogP contribution in [0.25, 0.3) is 17.1 Å². The molecule has 1 fully saturated rings. The van der Waals surface area contributed by atoms with Gasteiger partial charge in [-0.05, 0) is 43.7 Å². The highest BCUT2D eigenvalue weighted by atomic mass is 79.9. The number of carbonyl (C=O) groups excluding carboxylic acids is 2. The van der Waals surface area contributed by atoms with E-state index in [2.05, 4.69) is 31.3 Å². The molecule has 1 N–H and O–H groups in total. The number of rotatable bonds is 2. The van der Waals surface area contributed by atoms with Crippen molar-refractivity contribution in [1.82, 2.24) is 25.0 Å². The molecule has 0 bridgehead atoms. The number of piperazine rings is 1. The number of nitrogens with zero attached hydrogens (tertiary/aromatic N) is 4. The van der Waals surface area contributed by atoms with Crippen LogP contribution in [0.3, 0.4) is 0 Å². The molecule has 0 aliphatic carbocycles. The fourth-order valence-electron chi connectivity index (χ4n) is 3.99. The maximum Gasteiger partial charge on any atom is 0.279 e. The Hall–Kier alpha value is -3.20. The minimum absolute atomic E-state index is 0.175. The van der Waals surface area contributed by atoms with Gasteiger partial charge in [-0.25, -0.2) is 9.67 Å². The average Bonchev–Trinajstić information content (AvgIpc) is 3.16. The van der Waals surface area contributed by atoms with Crippen LogP contribution in [-0.4, -0.2) is 50.1 Å². The minimum atomic E-state index is -0.993. The van der Waals surface area contributed by atoms with Gasteiger partial charge in [0.15, 0.2) is 17.3 Å². The number of halogens is 1. The minimum Gasteiger partial charge on any atom is -0.484 e. The number of carbonyl (C=O) groups is 2. The van der Waals surface area contributed by atoms with Gasteiger partial charge in [0.1, 0.15) is 17.8 Å². The predicted octanol–water partition coefficient (Wildman–Crippen LogP) is 2.94. The normalized spacial score (nSPS) is 16.7. The molecule has 8 nitrogen and oxygen atoms in total. The Morgan fingerprint density at radius 1 is 1.26 bits per heavy atom. The van der Waals surface area contributed by atoms with Crippen molar-refractivity contribution in [2.75, 3.05) is 13.1 Å². The van der Waals surface area contributed by atoms with Gasteiger partial charge in [0.05, 0.1) is 0 Å². The Bertz CT molecular complexity index is 1210. The summed E-state index contributed by atoms with van der Waals surface area (Å²) >= 11 is 3.54. The SMILES string of the molecule is CC1(C)C(=O)NCCN1C(=O)c1nn(-c2ccccn2)c2c1OCc1ccc(Br)cc1-2. The second-order valence-corrected chi connectivity index (χ2v) is 8.90. The van der Waals surface area contributed by atoms with Crippen molar-refractivity contribution in [1.29, 1.82) is 0 Å². The molecule has 0 saturated carbocycles. The third kappa shape index (κ3) is 3.11. The number of ether oxygens (including phenoxy) is 1. The molecule has 2 aliphatic rings. The molecular formula is C22H20BrN5O3. The number of fused-ring (bicyclic) bond motifs is 3. The second kappa shape index (κ2) is 7.19. The van der Waals surface area contributed by atoms with E-state index >= 15 is 0 Å². The Morgan fingerprint density at radius 3 is 2.87 bits per heavy atom. The molecule has 3 aromatic rings. The first-order chi connectivity index (χ1) is 14.9. The highest BCUT2D eigenvalue weighted by molar-refractivity contribution is 9.10. The summed E-state index contributed by atoms with van der Waals surface area (Å²) in [5.74, 6) is 0.442. The molecule has 0 atom stereocenters. The van der Waals surface area contributed by atoms with E-state index in [0.29, 0.717) is 37.0 Å². The molecule has 158 valence electrons. The van der Waals surface area contributed by atoms with E-state index in [0.717, 1.165) is 15.6 Å². The second-order valence-electron chi connectivity index (χ2n) is 7.99. The van der Waals surface area contributed by atoms with Gasteiger partial charge in [0.2, 0.25) is 5.91 Å². The van der Waals surface area contributed by atoms with Crippen LogP contribution in [0.15, 0.2) is 47.1 Å². The van der Waals surface area contributed by atoms with E-state index in [1.165, 1.54) is 0 Å². The summed E-state index contributed by atoms with van der Waals surface area (Å²) in [6.07, 6.45) is 1.68. The van der Waals surface area contributed by atoms with Crippen LogP contribution in [0, 0.1) is 0 Å². The van der Waals surface area contributed by atoms with E-state index in [4.69, 9.17) is 4.74 Å². The smallest absolute Gasteiger partial charge is 0.279 e. The summed E-state index contributed by atoms with van der Waals surface area (Å²) in [6, 6.07) is 11.4. The zero-order valence-corrected chi connectivity index (χ0v) is 18.6. The van der Waals surface area contributed by atoms with Crippen LogP contribution in [-0.2, 0) is 11.4 Å². The van der Waals surface area contributed by atoms with Crippen LogP contribution in [0.1, 0.15) is 29.9 Å². The van der Waals surface area contributed by atoms with Gasteiger partial charge in [0, 0.05) is 29.3 Å². The quantitative estimate of drug-likeness (QED) is 0.607. The van der Waals surface area contributed by atoms with Gasteiger partial charge < -0.3 is 15.0 Å². The van der Waals surface area contributed by atoms with Crippen LogP contribution in [0.2, 0.25) is 0 Å². The van der Waals surface area contributed by atoms with Crippen molar-refractivity contribution in [3.05, 3.63) is 58.3 Å². The highest BCUT2D eigenvalue weighted by Gasteiger charge is 2.43. The number of hydrogen-bond acceptors (Lipinski definition) is 5. The molecule has 9 heteroatoms. The molecule has 0 radical (unpaired) electrons. The summed E-state index contributed by atoms with van der Waals surface area (Å²) in [5.41, 5.74) is 1.76. The van der Waals surface area contributed by atoms with Crippen molar-refractivity contribution in [3.63, 3.8) is 0 Å². The van der Waals surface area contributed by atoms with Gasteiger partial charge in [-0.1, -0.05) is 28.1 Å². The van der Waals surface area contributed by atoms with Crippen molar-refractivity contribution in [2.24, 2.45) is 0 Å². The molecular weight excluding hydrogens is 462 g/mol. The van der Waals surface area contributed by atoms with Crippen molar-refractivity contribution >= 4 is 27.7 Å². The van der Waals surface area contributed by atoms with E-state index in [1.54, 1.807) is 29.6 Å². The number of pyridine rings is 1. The lowest BCUT2D eigenvalue weighted by atomic mass is 9.97. The lowest BCUT2D eigenvalue weighted by Gasteiger charge is -2.40. The largest absolute Gasteiger partial charge is 0.484 e. The maximum atomic E-state index is 13.6. The predicted molar refractivity (Wildman–Crippen MR) is 117 cm³/mol. The fourth-order valence-corrected chi connectivity index (χ4v) is 4.35. The number of hydrogen-bond donors (Lipinski definition) is 1. The van der Waals surface area contributed by atoms with Gasteiger partial charge in [-0.3, -0.25) is 9.59 Å². The third-order valence-electron chi connectivity index (χ3n) is 5.71.